The van der Waals surface area contributed by atoms with Crippen molar-refractivity contribution in [3.63, 3.8) is 0 Å². The Morgan fingerprint density at radius 2 is 1.67 bits per heavy atom. The molecule has 1 heterocycles. The Morgan fingerprint density at radius 1 is 0.944 bits per heavy atom. The van der Waals surface area contributed by atoms with Gasteiger partial charge < -0.3 is 0 Å². The molecule has 1 aliphatic heterocycles. The van der Waals surface area contributed by atoms with Crippen molar-refractivity contribution in [1.29, 1.82) is 0 Å². The van der Waals surface area contributed by atoms with Crippen LogP contribution >= 0.6 is 11.6 Å². The van der Waals surface area contributed by atoms with E-state index in [1.165, 1.54) is 0 Å². The molecule has 2 nitrogen and oxygen atoms in total. The lowest BCUT2D eigenvalue weighted by Crippen LogP contribution is -2.11. The minimum absolute atomic E-state index is 0.761. The van der Waals surface area contributed by atoms with Crippen LogP contribution < -0.4 is 5.01 Å². The summed E-state index contributed by atoms with van der Waals surface area (Å²) in [6, 6.07) is 18.1. The first-order chi connectivity index (χ1) is 8.83. The average Bonchev–Trinajstić information content (AvgIpc) is 2.90. The molecule has 0 aromatic heterocycles. The highest BCUT2D eigenvalue weighted by atomic mass is 35.5. The van der Waals surface area contributed by atoms with E-state index in [-0.39, 0.29) is 0 Å². The van der Waals surface area contributed by atoms with Gasteiger partial charge in [-0.05, 0) is 29.8 Å². The number of halogens is 1. The maximum atomic E-state index is 5.89. The number of anilines is 1. The van der Waals surface area contributed by atoms with Gasteiger partial charge in [-0.1, -0.05) is 41.9 Å². The molecule has 0 unspecified atom stereocenters. The molecule has 0 radical (unpaired) electrons. The van der Waals surface area contributed by atoms with Crippen LogP contribution in [0.25, 0.3) is 0 Å². The molecule has 0 atom stereocenters. The lowest BCUT2D eigenvalue weighted by Gasteiger charge is -2.12. The molecule has 0 spiro atoms. The fraction of sp³-hybridized carbons (Fsp3) is 0.133. The predicted molar refractivity (Wildman–Crippen MR) is 76.4 cm³/mol. The first kappa shape index (κ1) is 11.3. The molecule has 0 N–H and O–H groups in total. The van der Waals surface area contributed by atoms with Gasteiger partial charge in [0.1, 0.15) is 0 Å². The number of nitrogens with zero attached hydrogens (tertiary/aromatic N) is 2. The maximum absolute atomic E-state index is 5.89. The summed E-state index contributed by atoms with van der Waals surface area (Å²) in [5.41, 5.74) is 3.41. The second-order valence-corrected chi connectivity index (χ2v) is 4.70. The monoisotopic (exact) mass is 256 g/mol. The summed E-state index contributed by atoms with van der Waals surface area (Å²) in [5, 5.41) is 7.47. The Balaban J connectivity index is 1.86. The van der Waals surface area contributed by atoms with E-state index in [9.17, 15) is 0 Å². The van der Waals surface area contributed by atoms with E-state index in [2.05, 4.69) is 17.2 Å². The molecule has 0 bridgehead atoms. The van der Waals surface area contributed by atoms with Crippen molar-refractivity contribution in [1.82, 2.24) is 0 Å². The first-order valence-electron chi connectivity index (χ1n) is 5.99. The van der Waals surface area contributed by atoms with Crippen LogP contribution in [-0.2, 0) is 0 Å². The van der Waals surface area contributed by atoms with Crippen LogP contribution in [0.15, 0.2) is 59.7 Å². The average molecular weight is 257 g/mol. The lowest BCUT2D eigenvalue weighted by atomic mass is 10.1. The third-order valence-corrected chi connectivity index (χ3v) is 3.29. The van der Waals surface area contributed by atoms with Crippen LogP contribution in [0.2, 0.25) is 5.02 Å². The molecule has 2 aromatic rings. The Morgan fingerprint density at radius 3 is 2.39 bits per heavy atom. The van der Waals surface area contributed by atoms with Crippen molar-refractivity contribution >= 4 is 23.0 Å². The molecule has 0 amide bonds. The van der Waals surface area contributed by atoms with E-state index in [0.29, 0.717) is 0 Å². The van der Waals surface area contributed by atoms with Gasteiger partial charge in [0.05, 0.1) is 11.4 Å². The zero-order chi connectivity index (χ0) is 12.4. The molecular formula is C15H13ClN2. The van der Waals surface area contributed by atoms with Crippen LogP contribution in [-0.4, -0.2) is 12.3 Å². The minimum Gasteiger partial charge on any atom is -0.265 e. The first-order valence-corrected chi connectivity index (χ1v) is 6.37. The molecule has 90 valence electrons. The van der Waals surface area contributed by atoms with Gasteiger partial charge in [0.25, 0.3) is 0 Å². The number of hydrazone groups is 1. The van der Waals surface area contributed by atoms with E-state index in [1.54, 1.807) is 0 Å². The van der Waals surface area contributed by atoms with E-state index in [4.69, 9.17) is 11.6 Å². The molecular weight excluding hydrogens is 244 g/mol. The van der Waals surface area contributed by atoms with Crippen molar-refractivity contribution in [2.24, 2.45) is 5.10 Å². The number of hydrogen-bond donors (Lipinski definition) is 0. The minimum atomic E-state index is 0.761. The topological polar surface area (TPSA) is 15.6 Å². The van der Waals surface area contributed by atoms with Crippen LogP contribution in [0.4, 0.5) is 5.69 Å². The third-order valence-electron chi connectivity index (χ3n) is 3.03. The van der Waals surface area contributed by atoms with Gasteiger partial charge >= 0.3 is 0 Å². The number of para-hydroxylation sites is 1. The van der Waals surface area contributed by atoms with Crippen LogP contribution in [0, 0.1) is 0 Å². The Kier molecular flexibility index (Phi) is 3.03. The van der Waals surface area contributed by atoms with E-state index in [0.717, 1.165) is 35.0 Å². The quantitative estimate of drug-likeness (QED) is 0.794. The second kappa shape index (κ2) is 4.83. The molecule has 0 saturated carbocycles. The van der Waals surface area contributed by atoms with Crippen molar-refractivity contribution in [2.75, 3.05) is 11.6 Å². The van der Waals surface area contributed by atoms with Gasteiger partial charge in [-0.3, -0.25) is 5.01 Å². The zero-order valence-corrected chi connectivity index (χ0v) is 10.6. The third kappa shape index (κ3) is 2.24. The van der Waals surface area contributed by atoms with Gasteiger partial charge in [0.15, 0.2) is 0 Å². The van der Waals surface area contributed by atoms with Gasteiger partial charge in [-0.25, -0.2) is 0 Å². The van der Waals surface area contributed by atoms with Crippen molar-refractivity contribution in [2.45, 2.75) is 6.42 Å². The highest BCUT2D eigenvalue weighted by Gasteiger charge is 2.16. The zero-order valence-electron chi connectivity index (χ0n) is 9.88. The molecule has 18 heavy (non-hydrogen) atoms. The standard InChI is InChI=1S/C15H13ClN2/c16-13-8-6-12(7-9-13)15-10-11-18(17-15)14-4-2-1-3-5-14/h1-9H,10-11H2. The van der Waals surface area contributed by atoms with Gasteiger partial charge in [-0.15, -0.1) is 0 Å². The molecule has 0 fully saturated rings. The number of rotatable bonds is 2. The Labute approximate surface area is 112 Å². The van der Waals surface area contributed by atoms with Crippen LogP contribution in [0.5, 0.6) is 0 Å². The largest absolute Gasteiger partial charge is 0.265 e. The fourth-order valence-electron chi connectivity index (χ4n) is 2.09. The van der Waals surface area contributed by atoms with Gasteiger partial charge in [-0.2, -0.15) is 5.10 Å². The highest BCUT2D eigenvalue weighted by Crippen LogP contribution is 2.21. The summed E-state index contributed by atoms with van der Waals surface area (Å²) in [4.78, 5) is 0. The summed E-state index contributed by atoms with van der Waals surface area (Å²) in [7, 11) is 0. The fourth-order valence-corrected chi connectivity index (χ4v) is 2.21. The van der Waals surface area contributed by atoms with Gasteiger partial charge in [0.2, 0.25) is 0 Å². The number of benzene rings is 2. The van der Waals surface area contributed by atoms with Gasteiger partial charge in [0, 0.05) is 18.0 Å². The predicted octanol–water partition coefficient (Wildman–Crippen LogP) is 3.95. The SMILES string of the molecule is Clc1ccc(C2=NN(c3ccccc3)CC2)cc1. The van der Waals surface area contributed by atoms with E-state index < -0.39 is 0 Å². The second-order valence-electron chi connectivity index (χ2n) is 4.26. The summed E-state index contributed by atoms with van der Waals surface area (Å²) >= 11 is 5.89. The molecule has 0 saturated heterocycles. The Bertz CT molecular complexity index is 561. The summed E-state index contributed by atoms with van der Waals surface area (Å²) in [5.74, 6) is 0. The highest BCUT2D eigenvalue weighted by molar-refractivity contribution is 6.30. The maximum Gasteiger partial charge on any atom is 0.0700 e. The Hall–Kier alpha value is -1.80. The normalized spacial score (nSPS) is 14.7. The van der Waals surface area contributed by atoms with Crippen LogP contribution in [0.1, 0.15) is 12.0 Å². The molecule has 3 heteroatoms. The molecule has 3 rings (SSSR count). The van der Waals surface area contributed by atoms with Crippen molar-refractivity contribution in [3.05, 3.63) is 65.2 Å². The van der Waals surface area contributed by atoms with Crippen molar-refractivity contribution in [3.8, 4) is 0 Å². The van der Waals surface area contributed by atoms with Crippen LogP contribution in [0.3, 0.4) is 0 Å². The number of hydrogen-bond acceptors (Lipinski definition) is 2. The lowest BCUT2D eigenvalue weighted by molar-refractivity contribution is 0.922. The molecule has 0 aliphatic carbocycles. The molecule has 1 aliphatic rings. The molecule has 2 aromatic carbocycles. The van der Waals surface area contributed by atoms with E-state index >= 15 is 0 Å². The summed E-state index contributed by atoms with van der Waals surface area (Å²) in [6.07, 6.45) is 0.969. The van der Waals surface area contributed by atoms with Crippen molar-refractivity contribution < 1.29 is 0 Å². The summed E-state index contributed by atoms with van der Waals surface area (Å²) in [6.45, 7) is 0.933. The van der Waals surface area contributed by atoms with E-state index in [1.807, 2.05) is 47.5 Å². The smallest absolute Gasteiger partial charge is 0.0700 e. The summed E-state index contributed by atoms with van der Waals surface area (Å²) < 4.78 is 0.